The summed E-state index contributed by atoms with van der Waals surface area (Å²) in [7, 11) is 0. The minimum Gasteiger partial charge on any atom is -0.359 e. The van der Waals surface area contributed by atoms with Crippen molar-refractivity contribution in [3.63, 3.8) is 0 Å². The Kier molecular flexibility index (Phi) is 4.03. The van der Waals surface area contributed by atoms with E-state index in [-0.39, 0.29) is 0 Å². The Bertz CT molecular complexity index is 271. The molecule has 1 amide bonds. The zero-order chi connectivity index (χ0) is 9.52. The van der Waals surface area contributed by atoms with Crippen LogP contribution in [0.3, 0.4) is 0 Å². The Morgan fingerprint density at radius 1 is 1.38 bits per heavy atom. The van der Waals surface area contributed by atoms with Crippen LogP contribution < -0.4 is 5.32 Å². The summed E-state index contributed by atoms with van der Waals surface area (Å²) in [6, 6.07) is 8.34. The first-order valence-corrected chi connectivity index (χ1v) is 4.56. The Labute approximate surface area is 79.0 Å². The number of carbonyl (C=O) groups excluding carboxylic acids is 1. The molecule has 13 heavy (non-hydrogen) atoms. The van der Waals surface area contributed by atoms with E-state index in [1.807, 2.05) is 6.07 Å². The monoisotopic (exact) mass is 177 g/mol. The quantitative estimate of drug-likeness (QED) is 0.538. The number of benzene rings is 1. The molecule has 0 atom stereocenters. The zero-order valence-electron chi connectivity index (χ0n) is 7.92. The van der Waals surface area contributed by atoms with Crippen LogP contribution in [0.2, 0.25) is 0 Å². The number of hydrogen-bond acceptors (Lipinski definition) is 1. The van der Waals surface area contributed by atoms with Gasteiger partial charge in [0.2, 0.25) is 6.41 Å². The Morgan fingerprint density at radius 3 is 2.85 bits per heavy atom. The molecule has 0 bridgehead atoms. The molecule has 0 aliphatic rings. The maximum absolute atomic E-state index is 9.97. The number of rotatable bonds is 5. The molecule has 2 nitrogen and oxygen atoms in total. The fourth-order valence-electron chi connectivity index (χ4n) is 1.33. The number of aryl methyl sites for hydroxylation is 2. The van der Waals surface area contributed by atoms with E-state index >= 15 is 0 Å². The number of amides is 1. The van der Waals surface area contributed by atoms with Crippen molar-refractivity contribution < 1.29 is 4.79 Å². The third-order valence-electron chi connectivity index (χ3n) is 2.11. The van der Waals surface area contributed by atoms with Crippen LogP contribution in [0.15, 0.2) is 24.3 Å². The molecule has 70 valence electrons. The number of carbonyl (C=O) groups is 1. The van der Waals surface area contributed by atoms with Gasteiger partial charge in [0.05, 0.1) is 0 Å². The van der Waals surface area contributed by atoms with E-state index in [2.05, 4.69) is 30.4 Å². The summed E-state index contributed by atoms with van der Waals surface area (Å²) in [6.07, 6.45) is 2.79. The van der Waals surface area contributed by atoms with Gasteiger partial charge in [-0.2, -0.15) is 0 Å². The Balaban J connectivity index is 2.36. The second-order valence-electron chi connectivity index (χ2n) is 3.10. The van der Waals surface area contributed by atoms with E-state index in [0.29, 0.717) is 0 Å². The number of hydrogen-bond donors (Lipinski definition) is 1. The summed E-state index contributed by atoms with van der Waals surface area (Å²) >= 11 is 0. The van der Waals surface area contributed by atoms with Crippen molar-refractivity contribution in [3.05, 3.63) is 35.4 Å². The van der Waals surface area contributed by atoms with Gasteiger partial charge in [-0.05, 0) is 30.9 Å². The van der Waals surface area contributed by atoms with Gasteiger partial charge in [-0.15, -0.1) is 0 Å². The van der Waals surface area contributed by atoms with Crippen molar-refractivity contribution in [3.8, 4) is 0 Å². The highest BCUT2D eigenvalue weighted by molar-refractivity contribution is 5.45. The molecule has 2 heteroatoms. The standard InChI is InChI=1S/C11H15NO/c1-10-5-2-3-6-11(10)7-4-8-12-9-13/h2-3,5-6,9H,4,7-8H2,1H3,(H,12,13). The minimum atomic E-state index is 0.748. The predicted molar refractivity (Wildman–Crippen MR) is 53.6 cm³/mol. The molecule has 1 rings (SSSR count). The van der Waals surface area contributed by atoms with Gasteiger partial charge < -0.3 is 5.32 Å². The molecule has 0 spiro atoms. The topological polar surface area (TPSA) is 29.1 Å². The summed E-state index contributed by atoms with van der Waals surface area (Å²) in [6.45, 7) is 2.88. The van der Waals surface area contributed by atoms with Gasteiger partial charge in [-0.1, -0.05) is 24.3 Å². The normalized spacial score (nSPS) is 9.62. The summed E-state index contributed by atoms with van der Waals surface area (Å²) in [5.74, 6) is 0. The van der Waals surface area contributed by atoms with E-state index in [1.165, 1.54) is 11.1 Å². The van der Waals surface area contributed by atoms with Crippen LogP contribution in [0.1, 0.15) is 17.5 Å². The molecule has 1 aromatic rings. The summed E-state index contributed by atoms with van der Waals surface area (Å²) in [4.78, 5) is 9.97. The second kappa shape index (κ2) is 5.36. The molecule has 0 saturated heterocycles. The van der Waals surface area contributed by atoms with Crippen molar-refractivity contribution in [2.45, 2.75) is 19.8 Å². The lowest BCUT2D eigenvalue weighted by molar-refractivity contribution is -0.109. The highest BCUT2D eigenvalue weighted by Crippen LogP contribution is 2.08. The van der Waals surface area contributed by atoms with Crippen molar-refractivity contribution in [1.29, 1.82) is 0 Å². The Morgan fingerprint density at radius 2 is 2.15 bits per heavy atom. The number of nitrogens with one attached hydrogen (secondary N) is 1. The smallest absolute Gasteiger partial charge is 0.207 e. The second-order valence-corrected chi connectivity index (χ2v) is 3.10. The molecular weight excluding hydrogens is 162 g/mol. The van der Waals surface area contributed by atoms with Crippen LogP contribution in [-0.2, 0) is 11.2 Å². The lowest BCUT2D eigenvalue weighted by Crippen LogP contribution is -2.12. The minimum absolute atomic E-state index is 0.748. The van der Waals surface area contributed by atoms with Crippen LogP contribution in [0.25, 0.3) is 0 Å². The maximum Gasteiger partial charge on any atom is 0.207 e. The molecular formula is C11H15NO. The average molecular weight is 177 g/mol. The maximum atomic E-state index is 9.97. The van der Waals surface area contributed by atoms with Gasteiger partial charge in [0.15, 0.2) is 0 Å². The van der Waals surface area contributed by atoms with Crippen LogP contribution in [-0.4, -0.2) is 13.0 Å². The highest BCUT2D eigenvalue weighted by Gasteiger charge is 1.95. The Hall–Kier alpha value is -1.31. The summed E-state index contributed by atoms with van der Waals surface area (Å²) < 4.78 is 0. The molecule has 1 aromatic carbocycles. The first-order valence-electron chi connectivity index (χ1n) is 4.56. The van der Waals surface area contributed by atoms with Crippen LogP contribution in [0.4, 0.5) is 0 Å². The van der Waals surface area contributed by atoms with Crippen LogP contribution >= 0.6 is 0 Å². The van der Waals surface area contributed by atoms with Gasteiger partial charge in [0.25, 0.3) is 0 Å². The highest BCUT2D eigenvalue weighted by atomic mass is 16.1. The first-order chi connectivity index (χ1) is 6.34. The van der Waals surface area contributed by atoms with E-state index in [0.717, 1.165) is 25.8 Å². The van der Waals surface area contributed by atoms with Crippen molar-refractivity contribution in [1.82, 2.24) is 5.32 Å². The molecule has 0 heterocycles. The summed E-state index contributed by atoms with van der Waals surface area (Å²) in [5, 5.41) is 2.66. The fourth-order valence-corrected chi connectivity index (χ4v) is 1.33. The van der Waals surface area contributed by atoms with Crippen LogP contribution in [0.5, 0.6) is 0 Å². The van der Waals surface area contributed by atoms with Gasteiger partial charge in [-0.25, -0.2) is 0 Å². The van der Waals surface area contributed by atoms with E-state index in [9.17, 15) is 4.79 Å². The SMILES string of the molecule is Cc1ccccc1CCCNC=O. The molecule has 0 radical (unpaired) electrons. The van der Waals surface area contributed by atoms with Crippen molar-refractivity contribution in [2.75, 3.05) is 6.54 Å². The van der Waals surface area contributed by atoms with Crippen LogP contribution in [0, 0.1) is 6.92 Å². The van der Waals surface area contributed by atoms with Gasteiger partial charge >= 0.3 is 0 Å². The third-order valence-corrected chi connectivity index (χ3v) is 2.11. The van der Waals surface area contributed by atoms with E-state index in [4.69, 9.17) is 0 Å². The largest absolute Gasteiger partial charge is 0.359 e. The molecule has 0 aromatic heterocycles. The molecule has 1 N–H and O–H groups in total. The molecule has 0 unspecified atom stereocenters. The van der Waals surface area contributed by atoms with Gasteiger partial charge in [0, 0.05) is 6.54 Å². The third kappa shape index (κ3) is 3.28. The van der Waals surface area contributed by atoms with Gasteiger partial charge in [-0.3, -0.25) is 4.79 Å². The van der Waals surface area contributed by atoms with Crippen molar-refractivity contribution in [2.24, 2.45) is 0 Å². The van der Waals surface area contributed by atoms with E-state index < -0.39 is 0 Å². The lowest BCUT2D eigenvalue weighted by atomic mass is 10.0. The molecule has 0 aliphatic carbocycles. The predicted octanol–water partition coefficient (Wildman–Crippen LogP) is 1.67. The average Bonchev–Trinajstić information content (AvgIpc) is 2.15. The molecule has 0 aliphatic heterocycles. The fraction of sp³-hybridized carbons (Fsp3) is 0.364. The molecule has 0 saturated carbocycles. The van der Waals surface area contributed by atoms with E-state index in [1.54, 1.807) is 0 Å². The zero-order valence-corrected chi connectivity index (χ0v) is 7.92. The van der Waals surface area contributed by atoms with Gasteiger partial charge in [0.1, 0.15) is 0 Å². The lowest BCUT2D eigenvalue weighted by Gasteiger charge is -2.04. The van der Waals surface area contributed by atoms with Crippen molar-refractivity contribution >= 4 is 6.41 Å². The first kappa shape index (κ1) is 9.78. The summed E-state index contributed by atoms with van der Waals surface area (Å²) in [5.41, 5.74) is 2.70. The molecule has 0 fully saturated rings.